The topological polar surface area (TPSA) is 12.5 Å². The zero-order valence-electron chi connectivity index (χ0n) is 12.6. The van der Waals surface area contributed by atoms with Gasteiger partial charge in [0.15, 0.2) is 0 Å². The van der Waals surface area contributed by atoms with Crippen molar-refractivity contribution in [2.45, 2.75) is 23.4 Å². The third kappa shape index (κ3) is 1.63. The highest BCUT2D eigenvalue weighted by Gasteiger charge is 2.64. The quantitative estimate of drug-likeness (QED) is 0.707. The molecule has 1 saturated carbocycles. The van der Waals surface area contributed by atoms with Crippen LogP contribution < -0.4 is 0 Å². The zero-order valence-corrected chi connectivity index (χ0v) is 14.2. The second-order valence-electron chi connectivity index (χ2n) is 7.30. The molecule has 0 radical (unpaired) electrons. The number of ether oxygens (including phenoxy) is 1. The van der Waals surface area contributed by atoms with Gasteiger partial charge >= 0.3 is 0 Å². The molecule has 3 heteroatoms. The lowest BCUT2D eigenvalue weighted by molar-refractivity contribution is 0.275. The van der Waals surface area contributed by atoms with Crippen LogP contribution in [0.2, 0.25) is 0 Å². The van der Waals surface area contributed by atoms with Gasteiger partial charge in [0, 0.05) is 20.7 Å². The van der Waals surface area contributed by atoms with E-state index < -0.39 is 10.0 Å². The number of hydrogen-bond acceptors (Lipinski definition) is 2. The van der Waals surface area contributed by atoms with E-state index >= 15 is 0 Å². The Balaban J connectivity index is 1.71. The number of allylic oxidation sites excluding steroid dienone is 1. The molecule has 1 aromatic carbocycles. The average molecular weight is 316 g/mol. The highest BCUT2D eigenvalue weighted by molar-refractivity contribution is 8.32. The standard InChI is InChI=1S/C18H20OS2/c1-21(2,3)18-11-8-9-13-14(15(11)16-17(18)19-16)10-6-4-5-7-12(10)20-13/h4-9,11,15-18H,1-3H3. The van der Waals surface area contributed by atoms with Gasteiger partial charge in [-0.3, -0.25) is 0 Å². The van der Waals surface area contributed by atoms with Crippen LogP contribution in [0.3, 0.4) is 0 Å². The fourth-order valence-corrected chi connectivity index (χ4v) is 7.94. The molecule has 2 aromatic rings. The van der Waals surface area contributed by atoms with E-state index in [0.29, 0.717) is 24.0 Å². The van der Waals surface area contributed by atoms with Gasteiger partial charge < -0.3 is 4.74 Å². The van der Waals surface area contributed by atoms with Crippen molar-refractivity contribution >= 4 is 37.5 Å². The molecule has 3 aliphatic rings. The van der Waals surface area contributed by atoms with Crippen LogP contribution >= 0.6 is 21.4 Å². The molecule has 0 amide bonds. The molecular weight excluding hydrogens is 296 g/mol. The molecule has 1 aromatic heterocycles. The van der Waals surface area contributed by atoms with Crippen LogP contribution in [0.4, 0.5) is 0 Å². The molecule has 1 saturated heterocycles. The summed E-state index contributed by atoms with van der Waals surface area (Å²) in [4.78, 5) is 1.47. The van der Waals surface area contributed by atoms with Gasteiger partial charge in [0.25, 0.3) is 0 Å². The van der Waals surface area contributed by atoms with Crippen LogP contribution in [0.15, 0.2) is 30.3 Å². The number of benzene rings is 1. The summed E-state index contributed by atoms with van der Waals surface area (Å²) in [5, 5.41) is 2.20. The minimum atomic E-state index is -0.592. The van der Waals surface area contributed by atoms with Crippen LogP contribution in [0, 0.1) is 5.92 Å². The molecule has 2 fully saturated rings. The summed E-state index contributed by atoms with van der Waals surface area (Å²) in [5.74, 6) is 1.29. The number of thiophene rings is 1. The maximum atomic E-state index is 6.13. The molecule has 0 N–H and O–H groups in total. The summed E-state index contributed by atoms with van der Waals surface area (Å²) in [7, 11) is -0.592. The number of rotatable bonds is 1. The Kier molecular flexibility index (Phi) is 2.40. The van der Waals surface area contributed by atoms with E-state index in [-0.39, 0.29) is 0 Å². The lowest BCUT2D eigenvalue weighted by atomic mass is 9.82. The van der Waals surface area contributed by atoms with E-state index in [0.717, 1.165) is 5.25 Å². The SMILES string of the molecule is CS(C)(C)C1C2C=Cc3sc4ccccc4c3C2C2OC21. The lowest BCUT2D eigenvalue weighted by Gasteiger charge is -2.40. The van der Waals surface area contributed by atoms with Gasteiger partial charge in [-0.15, -0.1) is 11.3 Å². The lowest BCUT2D eigenvalue weighted by Crippen LogP contribution is -2.29. The smallest absolute Gasteiger partial charge is 0.0957 e. The van der Waals surface area contributed by atoms with Crippen LogP contribution in [0.1, 0.15) is 16.4 Å². The Morgan fingerprint density at radius 3 is 2.71 bits per heavy atom. The van der Waals surface area contributed by atoms with Crippen LogP contribution in [0.25, 0.3) is 16.2 Å². The molecular formula is C18H20OS2. The predicted molar refractivity (Wildman–Crippen MR) is 94.9 cm³/mol. The first-order valence-corrected chi connectivity index (χ1v) is 11.3. The van der Waals surface area contributed by atoms with E-state index in [1.807, 2.05) is 11.3 Å². The van der Waals surface area contributed by atoms with Crippen molar-refractivity contribution in [2.75, 3.05) is 18.8 Å². The molecule has 2 aliphatic carbocycles. The van der Waals surface area contributed by atoms with E-state index in [9.17, 15) is 0 Å². The molecule has 1 nitrogen and oxygen atoms in total. The normalized spacial score (nSPS) is 37.2. The molecule has 5 rings (SSSR count). The monoisotopic (exact) mass is 316 g/mol. The third-order valence-electron chi connectivity index (χ3n) is 5.32. The third-order valence-corrected chi connectivity index (χ3v) is 8.68. The van der Waals surface area contributed by atoms with Crippen molar-refractivity contribution in [1.82, 2.24) is 0 Å². The molecule has 21 heavy (non-hydrogen) atoms. The Bertz CT molecular complexity index is 767. The van der Waals surface area contributed by atoms with Gasteiger partial charge in [-0.25, -0.2) is 10.0 Å². The van der Waals surface area contributed by atoms with Gasteiger partial charge in [-0.1, -0.05) is 24.3 Å². The van der Waals surface area contributed by atoms with E-state index in [1.165, 1.54) is 15.0 Å². The first-order valence-electron chi connectivity index (χ1n) is 7.58. The van der Waals surface area contributed by atoms with E-state index in [4.69, 9.17) is 4.74 Å². The second kappa shape index (κ2) is 3.95. The number of fused-ring (bicyclic) bond motifs is 7. The van der Waals surface area contributed by atoms with Crippen LogP contribution in [-0.4, -0.2) is 36.2 Å². The first kappa shape index (κ1) is 12.7. The van der Waals surface area contributed by atoms with Crippen molar-refractivity contribution < 1.29 is 4.74 Å². The van der Waals surface area contributed by atoms with Crippen molar-refractivity contribution in [2.24, 2.45) is 5.92 Å². The molecule has 110 valence electrons. The van der Waals surface area contributed by atoms with Crippen molar-refractivity contribution in [3.05, 3.63) is 40.8 Å². The summed E-state index contributed by atoms with van der Waals surface area (Å²) in [6.07, 6.45) is 13.2. The zero-order chi connectivity index (χ0) is 14.4. The van der Waals surface area contributed by atoms with Crippen molar-refractivity contribution in [3.8, 4) is 0 Å². The average Bonchev–Trinajstić information content (AvgIpc) is 2.98. The molecule has 5 unspecified atom stereocenters. The summed E-state index contributed by atoms with van der Waals surface area (Å²) in [5.41, 5.74) is 1.58. The molecule has 5 atom stereocenters. The van der Waals surface area contributed by atoms with Crippen LogP contribution in [-0.2, 0) is 4.74 Å². The maximum Gasteiger partial charge on any atom is 0.0957 e. The molecule has 0 bridgehead atoms. The van der Waals surface area contributed by atoms with Gasteiger partial charge in [0.2, 0.25) is 0 Å². The first-order chi connectivity index (χ1) is 10.1. The Hall–Kier alpha value is -0.770. The Morgan fingerprint density at radius 1 is 1.10 bits per heavy atom. The van der Waals surface area contributed by atoms with Gasteiger partial charge in [0.05, 0.1) is 12.2 Å². The number of hydrogen-bond donors (Lipinski definition) is 0. The summed E-state index contributed by atoms with van der Waals surface area (Å²) in [6, 6.07) is 8.89. The van der Waals surface area contributed by atoms with E-state index in [1.54, 1.807) is 5.56 Å². The number of epoxide rings is 1. The van der Waals surface area contributed by atoms with Crippen LogP contribution in [0.5, 0.6) is 0 Å². The molecule has 2 heterocycles. The largest absolute Gasteiger partial charge is 0.368 e. The fraction of sp³-hybridized carbons (Fsp3) is 0.444. The summed E-state index contributed by atoms with van der Waals surface area (Å²) < 4.78 is 7.56. The Morgan fingerprint density at radius 2 is 1.90 bits per heavy atom. The minimum Gasteiger partial charge on any atom is -0.368 e. The predicted octanol–water partition coefficient (Wildman–Crippen LogP) is 4.47. The minimum absolute atomic E-state index is 0.480. The van der Waals surface area contributed by atoms with Crippen molar-refractivity contribution in [1.29, 1.82) is 0 Å². The maximum absolute atomic E-state index is 6.13. The molecule has 1 aliphatic heterocycles. The van der Waals surface area contributed by atoms with Gasteiger partial charge in [0.1, 0.15) is 0 Å². The van der Waals surface area contributed by atoms with Gasteiger partial charge in [-0.05, 0) is 47.8 Å². The highest BCUT2D eigenvalue weighted by atomic mass is 32.3. The fourth-order valence-electron chi connectivity index (χ4n) is 4.54. The van der Waals surface area contributed by atoms with E-state index in [2.05, 4.69) is 55.2 Å². The molecule has 0 spiro atoms. The Labute approximate surface area is 131 Å². The summed E-state index contributed by atoms with van der Waals surface area (Å²) in [6.45, 7) is 0. The van der Waals surface area contributed by atoms with Gasteiger partial charge in [-0.2, -0.15) is 0 Å². The summed E-state index contributed by atoms with van der Waals surface area (Å²) >= 11 is 1.94. The highest BCUT2D eigenvalue weighted by Crippen LogP contribution is 2.66. The second-order valence-corrected chi connectivity index (χ2v) is 12.8. The van der Waals surface area contributed by atoms with Crippen molar-refractivity contribution in [3.63, 3.8) is 0 Å².